The van der Waals surface area contributed by atoms with E-state index in [9.17, 15) is 8.42 Å². The molecule has 1 aliphatic rings. The molecule has 5 nitrogen and oxygen atoms in total. The predicted octanol–water partition coefficient (Wildman–Crippen LogP) is 0.0304. The molecule has 1 saturated carbocycles. The highest BCUT2D eigenvalue weighted by Crippen LogP contribution is 2.30. The molecule has 0 amide bonds. The van der Waals surface area contributed by atoms with Crippen LogP contribution in [0.3, 0.4) is 0 Å². The fourth-order valence-electron chi connectivity index (χ4n) is 1.23. The van der Waals surface area contributed by atoms with Crippen molar-refractivity contribution in [3.8, 4) is 0 Å². The summed E-state index contributed by atoms with van der Waals surface area (Å²) in [5.74, 6) is 0.375. The van der Waals surface area contributed by atoms with Gasteiger partial charge < -0.3 is 5.73 Å². The Morgan fingerprint density at radius 3 is 2.57 bits per heavy atom. The van der Waals surface area contributed by atoms with Crippen molar-refractivity contribution in [2.24, 2.45) is 11.7 Å². The summed E-state index contributed by atoms with van der Waals surface area (Å²) in [5.41, 5.74) is 5.26. The van der Waals surface area contributed by atoms with Crippen molar-refractivity contribution >= 4 is 15.9 Å². The number of rotatable bonds is 6. The zero-order chi connectivity index (χ0) is 10.8. The van der Waals surface area contributed by atoms with E-state index in [4.69, 9.17) is 11.1 Å². The molecular weight excluding hydrogens is 202 g/mol. The number of nitrogens with two attached hydrogens (primary N) is 1. The van der Waals surface area contributed by atoms with Gasteiger partial charge in [0.15, 0.2) is 0 Å². The normalized spacial score (nSPS) is 19.2. The van der Waals surface area contributed by atoms with Gasteiger partial charge in [-0.2, -0.15) is 0 Å². The standard InChI is InChI=1S/C8H17N3O2S/c1-2-7(8(9)10)11-14(12,13)5-6-3-4-6/h6-7,11H,2-5H2,1H3,(H3,9,10). The van der Waals surface area contributed by atoms with Crippen molar-refractivity contribution in [3.63, 3.8) is 0 Å². The molecule has 82 valence electrons. The number of sulfonamides is 1. The molecule has 0 bridgehead atoms. The van der Waals surface area contributed by atoms with Crippen LogP contribution in [0.1, 0.15) is 26.2 Å². The first-order valence-corrected chi connectivity index (χ1v) is 6.43. The van der Waals surface area contributed by atoms with Crippen LogP contribution in [0, 0.1) is 11.3 Å². The molecule has 4 N–H and O–H groups in total. The van der Waals surface area contributed by atoms with Gasteiger partial charge in [-0.05, 0) is 25.2 Å². The Morgan fingerprint density at radius 1 is 1.64 bits per heavy atom. The molecule has 1 aliphatic carbocycles. The summed E-state index contributed by atoms with van der Waals surface area (Å²) in [4.78, 5) is 0. The Bertz CT molecular complexity index is 309. The lowest BCUT2D eigenvalue weighted by Crippen LogP contribution is -2.44. The van der Waals surface area contributed by atoms with Crippen LogP contribution in [0.5, 0.6) is 0 Å². The Labute approximate surface area is 84.6 Å². The molecule has 0 heterocycles. The van der Waals surface area contributed by atoms with Crippen molar-refractivity contribution in [2.45, 2.75) is 32.2 Å². The van der Waals surface area contributed by atoms with Gasteiger partial charge in [0.2, 0.25) is 10.0 Å². The van der Waals surface area contributed by atoms with Gasteiger partial charge in [-0.15, -0.1) is 0 Å². The Kier molecular flexibility index (Phi) is 3.49. The van der Waals surface area contributed by atoms with Crippen molar-refractivity contribution in [1.29, 1.82) is 5.41 Å². The zero-order valence-corrected chi connectivity index (χ0v) is 9.10. The maximum atomic E-state index is 11.5. The second kappa shape index (κ2) is 4.27. The maximum Gasteiger partial charge on any atom is 0.212 e. The molecular formula is C8H17N3O2S. The highest BCUT2D eigenvalue weighted by atomic mass is 32.2. The van der Waals surface area contributed by atoms with Gasteiger partial charge in [0.1, 0.15) is 5.84 Å². The van der Waals surface area contributed by atoms with Crippen molar-refractivity contribution in [2.75, 3.05) is 5.75 Å². The number of hydrogen-bond donors (Lipinski definition) is 3. The molecule has 0 aromatic heterocycles. The molecule has 0 aliphatic heterocycles. The lowest BCUT2D eigenvalue weighted by Gasteiger charge is -2.15. The lowest BCUT2D eigenvalue weighted by atomic mass is 10.2. The predicted molar refractivity (Wildman–Crippen MR) is 55.6 cm³/mol. The van der Waals surface area contributed by atoms with Crippen LogP contribution in [0.25, 0.3) is 0 Å². The molecule has 0 aromatic rings. The van der Waals surface area contributed by atoms with E-state index in [0.29, 0.717) is 12.3 Å². The summed E-state index contributed by atoms with van der Waals surface area (Å²) >= 11 is 0. The van der Waals surface area contributed by atoms with Gasteiger partial charge in [0.25, 0.3) is 0 Å². The molecule has 14 heavy (non-hydrogen) atoms. The first-order valence-electron chi connectivity index (χ1n) is 4.78. The van der Waals surface area contributed by atoms with E-state index in [1.165, 1.54) is 0 Å². The van der Waals surface area contributed by atoms with Crippen molar-refractivity contribution in [3.05, 3.63) is 0 Å². The van der Waals surface area contributed by atoms with Crippen molar-refractivity contribution < 1.29 is 8.42 Å². The van der Waals surface area contributed by atoms with Crippen LogP contribution in [0.15, 0.2) is 0 Å². The Hall–Kier alpha value is -0.620. The molecule has 1 rings (SSSR count). The topological polar surface area (TPSA) is 96.0 Å². The van der Waals surface area contributed by atoms with Crippen LogP contribution >= 0.6 is 0 Å². The van der Waals surface area contributed by atoms with Gasteiger partial charge >= 0.3 is 0 Å². The van der Waals surface area contributed by atoms with Gasteiger partial charge in [-0.3, -0.25) is 5.41 Å². The van der Waals surface area contributed by atoms with E-state index in [-0.39, 0.29) is 11.6 Å². The maximum absolute atomic E-state index is 11.5. The Morgan fingerprint density at radius 2 is 2.21 bits per heavy atom. The molecule has 0 radical (unpaired) electrons. The van der Waals surface area contributed by atoms with Gasteiger partial charge in [-0.25, -0.2) is 13.1 Å². The quantitative estimate of drug-likeness (QED) is 0.434. The molecule has 1 atom stereocenters. The van der Waals surface area contributed by atoms with Crippen LogP contribution in [-0.2, 0) is 10.0 Å². The third-order valence-electron chi connectivity index (χ3n) is 2.26. The van der Waals surface area contributed by atoms with Gasteiger partial charge in [0.05, 0.1) is 11.8 Å². The SMILES string of the molecule is CCC(NS(=O)(=O)CC1CC1)C(=N)N. The zero-order valence-electron chi connectivity index (χ0n) is 8.29. The van der Waals surface area contributed by atoms with E-state index < -0.39 is 16.1 Å². The minimum Gasteiger partial charge on any atom is -0.386 e. The van der Waals surface area contributed by atoms with Gasteiger partial charge in [-0.1, -0.05) is 6.92 Å². The third kappa shape index (κ3) is 3.63. The minimum atomic E-state index is -3.25. The fourth-order valence-corrected chi connectivity index (χ4v) is 3.00. The smallest absolute Gasteiger partial charge is 0.212 e. The monoisotopic (exact) mass is 219 g/mol. The molecule has 0 saturated heterocycles. The van der Waals surface area contributed by atoms with E-state index in [2.05, 4.69) is 4.72 Å². The second-order valence-electron chi connectivity index (χ2n) is 3.76. The first-order chi connectivity index (χ1) is 6.44. The summed E-state index contributed by atoms with van der Waals surface area (Å²) in [6.07, 6.45) is 2.51. The minimum absolute atomic E-state index is 0.119. The molecule has 1 unspecified atom stereocenters. The van der Waals surface area contributed by atoms with E-state index in [1.54, 1.807) is 6.92 Å². The first kappa shape index (κ1) is 11.5. The Balaban J connectivity index is 2.50. The second-order valence-corrected chi connectivity index (χ2v) is 5.56. The van der Waals surface area contributed by atoms with Crippen LogP contribution in [0.2, 0.25) is 0 Å². The summed E-state index contributed by atoms with van der Waals surface area (Å²) in [6.45, 7) is 1.80. The molecule has 0 spiro atoms. The fraction of sp³-hybridized carbons (Fsp3) is 0.875. The summed E-state index contributed by atoms with van der Waals surface area (Å²) in [5, 5.41) is 7.18. The van der Waals surface area contributed by atoms with Crippen LogP contribution in [0.4, 0.5) is 0 Å². The van der Waals surface area contributed by atoms with E-state index in [1.807, 2.05) is 0 Å². The highest BCUT2D eigenvalue weighted by Gasteiger charge is 2.29. The average Bonchev–Trinajstić information content (AvgIpc) is 2.82. The molecule has 0 aromatic carbocycles. The largest absolute Gasteiger partial charge is 0.386 e. The van der Waals surface area contributed by atoms with Crippen molar-refractivity contribution in [1.82, 2.24) is 4.72 Å². The van der Waals surface area contributed by atoms with E-state index in [0.717, 1.165) is 12.8 Å². The summed E-state index contributed by atoms with van der Waals surface area (Å²) < 4.78 is 25.4. The number of amidine groups is 1. The van der Waals surface area contributed by atoms with Crippen LogP contribution < -0.4 is 10.5 Å². The van der Waals surface area contributed by atoms with Crippen LogP contribution in [-0.4, -0.2) is 26.0 Å². The van der Waals surface area contributed by atoms with E-state index >= 15 is 0 Å². The highest BCUT2D eigenvalue weighted by molar-refractivity contribution is 7.89. The number of hydrogen-bond acceptors (Lipinski definition) is 3. The van der Waals surface area contributed by atoms with Gasteiger partial charge in [0, 0.05) is 0 Å². The lowest BCUT2D eigenvalue weighted by molar-refractivity contribution is 0.567. The molecule has 1 fully saturated rings. The summed E-state index contributed by atoms with van der Waals surface area (Å²) in [6, 6.07) is -0.543. The third-order valence-corrected chi connectivity index (χ3v) is 3.81. The average molecular weight is 219 g/mol. The summed E-state index contributed by atoms with van der Waals surface area (Å²) in [7, 11) is -3.25. The molecule has 6 heteroatoms. The number of nitrogens with one attached hydrogen (secondary N) is 2.